The molecule has 0 aliphatic carbocycles. The summed E-state index contributed by atoms with van der Waals surface area (Å²) in [6.07, 6.45) is 3.37. The zero-order valence-electron chi connectivity index (χ0n) is 13.1. The molecule has 0 aliphatic heterocycles. The second-order valence-electron chi connectivity index (χ2n) is 4.89. The minimum Gasteiger partial charge on any atom is -0.496 e. The highest BCUT2D eigenvalue weighted by molar-refractivity contribution is 6.07. The van der Waals surface area contributed by atoms with E-state index in [-0.39, 0.29) is 5.78 Å². The van der Waals surface area contributed by atoms with Crippen LogP contribution in [0.4, 0.5) is 0 Å². The van der Waals surface area contributed by atoms with Crippen LogP contribution in [0.2, 0.25) is 0 Å². The Hall–Kier alpha value is -2.55. The third-order valence-electron chi connectivity index (χ3n) is 3.28. The van der Waals surface area contributed by atoms with Crippen molar-refractivity contribution in [2.75, 3.05) is 13.7 Å². The SMILES string of the molecule is CCOc1cccc(/C=C/C(=O)c2ccc(OC)c(C)c2)c1. The van der Waals surface area contributed by atoms with Gasteiger partial charge in [0.2, 0.25) is 0 Å². The first-order valence-corrected chi connectivity index (χ1v) is 7.24. The molecule has 0 heterocycles. The van der Waals surface area contributed by atoms with Crippen molar-refractivity contribution in [2.24, 2.45) is 0 Å². The molecule has 0 saturated carbocycles. The Morgan fingerprint density at radius 3 is 2.68 bits per heavy atom. The smallest absolute Gasteiger partial charge is 0.185 e. The largest absolute Gasteiger partial charge is 0.496 e. The minimum absolute atomic E-state index is 0.0347. The Bertz CT molecular complexity index is 687. The van der Waals surface area contributed by atoms with E-state index >= 15 is 0 Å². The zero-order chi connectivity index (χ0) is 15.9. The van der Waals surface area contributed by atoms with Crippen LogP contribution in [0.5, 0.6) is 11.5 Å². The van der Waals surface area contributed by atoms with Crippen LogP contribution in [0.3, 0.4) is 0 Å². The first kappa shape index (κ1) is 15.8. The molecule has 0 bridgehead atoms. The van der Waals surface area contributed by atoms with E-state index in [0.29, 0.717) is 12.2 Å². The van der Waals surface area contributed by atoms with Crippen LogP contribution in [-0.2, 0) is 0 Å². The van der Waals surface area contributed by atoms with Gasteiger partial charge in [0.05, 0.1) is 13.7 Å². The van der Waals surface area contributed by atoms with Crippen LogP contribution in [0.15, 0.2) is 48.5 Å². The van der Waals surface area contributed by atoms with E-state index in [9.17, 15) is 4.79 Å². The van der Waals surface area contributed by atoms with Crippen LogP contribution in [0, 0.1) is 6.92 Å². The zero-order valence-corrected chi connectivity index (χ0v) is 13.1. The number of rotatable bonds is 6. The molecule has 22 heavy (non-hydrogen) atoms. The summed E-state index contributed by atoms with van der Waals surface area (Å²) in [5, 5.41) is 0. The van der Waals surface area contributed by atoms with Gasteiger partial charge in [0, 0.05) is 5.56 Å². The van der Waals surface area contributed by atoms with E-state index in [4.69, 9.17) is 9.47 Å². The van der Waals surface area contributed by atoms with Crippen molar-refractivity contribution < 1.29 is 14.3 Å². The number of aryl methyl sites for hydroxylation is 1. The maximum atomic E-state index is 12.2. The summed E-state index contributed by atoms with van der Waals surface area (Å²) < 4.78 is 10.6. The van der Waals surface area contributed by atoms with Crippen LogP contribution >= 0.6 is 0 Å². The number of ketones is 1. The van der Waals surface area contributed by atoms with Crippen molar-refractivity contribution in [1.82, 2.24) is 0 Å². The molecule has 0 unspecified atom stereocenters. The lowest BCUT2D eigenvalue weighted by Crippen LogP contribution is -1.96. The number of carbonyl (C=O) groups is 1. The highest BCUT2D eigenvalue weighted by Crippen LogP contribution is 2.19. The summed E-state index contributed by atoms with van der Waals surface area (Å²) in [5.74, 6) is 1.55. The average molecular weight is 296 g/mol. The fourth-order valence-electron chi connectivity index (χ4n) is 2.17. The third kappa shape index (κ3) is 3.98. The first-order chi connectivity index (χ1) is 10.6. The van der Waals surface area contributed by atoms with Gasteiger partial charge in [-0.05, 0) is 61.4 Å². The number of ether oxygens (including phenoxy) is 2. The molecule has 2 aromatic rings. The van der Waals surface area contributed by atoms with Crippen LogP contribution in [0.1, 0.15) is 28.4 Å². The molecule has 0 saturated heterocycles. The van der Waals surface area contributed by atoms with E-state index in [1.165, 1.54) is 0 Å². The molecule has 114 valence electrons. The lowest BCUT2D eigenvalue weighted by atomic mass is 10.1. The van der Waals surface area contributed by atoms with Crippen molar-refractivity contribution >= 4 is 11.9 Å². The van der Waals surface area contributed by atoms with Crippen molar-refractivity contribution in [3.05, 3.63) is 65.2 Å². The number of hydrogen-bond donors (Lipinski definition) is 0. The van der Waals surface area contributed by atoms with E-state index < -0.39 is 0 Å². The predicted molar refractivity (Wildman–Crippen MR) is 88.7 cm³/mol. The van der Waals surface area contributed by atoms with Gasteiger partial charge in [-0.1, -0.05) is 18.2 Å². The van der Waals surface area contributed by atoms with Gasteiger partial charge in [0.15, 0.2) is 5.78 Å². The summed E-state index contributed by atoms with van der Waals surface area (Å²) in [7, 11) is 1.62. The number of allylic oxidation sites excluding steroid dienone is 1. The van der Waals surface area contributed by atoms with E-state index in [0.717, 1.165) is 22.6 Å². The lowest BCUT2D eigenvalue weighted by molar-refractivity contribution is 0.104. The van der Waals surface area contributed by atoms with E-state index in [1.54, 1.807) is 25.3 Å². The Balaban J connectivity index is 2.14. The molecule has 0 aromatic heterocycles. The van der Waals surface area contributed by atoms with Gasteiger partial charge in [-0.2, -0.15) is 0 Å². The molecule has 0 spiro atoms. The van der Waals surface area contributed by atoms with Crippen LogP contribution in [0.25, 0.3) is 6.08 Å². The normalized spacial score (nSPS) is 10.7. The molecule has 0 radical (unpaired) electrons. The van der Waals surface area contributed by atoms with Gasteiger partial charge >= 0.3 is 0 Å². The number of carbonyl (C=O) groups excluding carboxylic acids is 1. The quantitative estimate of drug-likeness (QED) is 0.589. The number of hydrogen-bond acceptors (Lipinski definition) is 3. The van der Waals surface area contributed by atoms with E-state index in [1.807, 2.05) is 50.2 Å². The Kier molecular flexibility index (Phi) is 5.37. The van der Waals surface area contributed by atoms with Gasteiger partial charge in [-0.15, -0.1) is 0 Å². The fourth-order valence-corrected chi connectivity index (χ4v) is 2.17. The summed E-state index contributed by atoms with van der Waals surface area (Å²) in [4.78, 5) is 12.2. The van der Waals surface area contributed by atoms with Crippen molar-refractivity contribution in [2.45, 2.75) is 13.8 Å². The van der Waals surface area contributed by atoms with Crippen molar-refractivity contribution in [1.29, 1.82) is 0 Å². The molecular weight excluding hydrogens is 276 g/mol. The standard InChI is InChI=1S/C19H20O3/c1-4-22-17-7-5-6-15(13-17)8-10-18(20)16-9-11-19(21-3)14(2)12-16/h5-13H,4H2,1-3H3/b10-8+. The maximum absolute atomic E-state index is 12.2. The van der Waals surface area contributed by atoms with Crippen molar-refractivity contribution in [3.63, 3.8) is 0 Å². The molecule has 0 N–H and O–H groups in total. The summed E-state index contributed by atoms with van der Waals surface area (Å²) in [5.41, 5.74) is 2.53. The average Bonchev–Trinajstić information content (AvgIpc) is 2.53. The second kappa shape index (κ2) is 7.46. The second-order valence-corrected chi connectivity index (χ2v) is 4.89. The topological polar surface area (TPSA) is 35.5 Å². The van der Waals surface area contributed by atoms with Gasteiger partial charge in [0.1, 0.15) is 11.5 Å². The van der Waals surface area contributed by atoms with Crippen LogP contribution < -0.4 is 9.47 Å². The molecular formula is C19H20O3. The summed E-state index contributed by atoms with van der Waals surface area (Å²) in [6, 6.07) is 13.1. The lowest BCUT2D eigenvalue weighted by Gasteiger charge is -2.05. The monoisotopic (exact) mass is 296 g/mol. The summed E-state index contributed by atoms with van der Waals surface area (Å²) in [6.45, 7) is 4.49. The molecule has 0 atom stereocenters. The molecule has 3 nitrogen and oxygen atoms in total. The highest BCUT2D eigenvalue weighted by Gasteiger charge is 2.05. The molecule has 0 aliphatic rings. The predicted octanol–water partition coefficient (Wildman–Crippen LogP) is 4.30. The Morgan fingerprint density at radius 1 is 1.18 bits per heavy atom. The molecule has 3 heteroatoms. The third-order valence-corrected chi connectivity index (χ3v) is 3.28. The molecule has 0 amide bonds. The molecule has 2 rings (SSSR count). The first-order valence-electron chi connectivity index (χ1n) is 7.24. The summed E-state index contributed by atoms with van der Waals surface area (Å²) >= 11 is 0. The minimum atomic E-state index is -0.0347. The Labute approximate surface area is 131 Å². The Morgan fingerprint density at radius 2 is 2.00 bits per heavy atom. The number of benzene rings is 2. The highest BCUT2D eigenvalue weighted by atomic mass is 16.5. The fraction of sp³-hybridized carbons (Fsp3) is 0.211. The van der Waals surface area contributed by atoms with Gasteiger partial charge in [-0.3, -0.25) is 4.79 Å². The number of methoxy groups -OCH3 is 1. The molecule has 0 fully saturated rings. The van der Waals surface area contributed by atoms with E-state index in [2.05, 4.69) is 0 Å². The maximum Gasteiger partial charge on any atom is 0.185 e. The van der Waals surface area contributed by atoms with Crippen molar-refractivity contribution in [3.8, 4) is 11.5 Å². The van der Waals surface area contributed by atoms with Gasteiger partial charge in [-0.25, -0.2) is 0 Å². The van der Waals surface area contributed by atoms with Gasteiger partial charge in [0.25, 0.3) is 0 Å². The van der Waals surface area contributed by atoms with Gasteiger partial charge < -0.3 is 9.47 Å². The van der Waals surface area contributed by atoms with Crippen LogP contribution in [-0.4, -0.2) is 19.5 Å². The molecule has 2 aromatic carbocycles.